The van der Waals surface area contributed by atoms with E-state index < -0.39 is 11.5 Å². The summed E-state index contributed by atoms with van der Waals surface area (Å²) in [6.45, 7) is 0.295. The Morgan fingerprint density at radius 2 is 1.83 bits per heavy atom. The third-order valence-corrected chi connectivity index (χ3v) is 5.81. The van der Waals surface area contributed by atoms with Crippen LogP contribution < -0.4 is 15.7 Å². The van der Waals surface area contributed by atoms with Crippen LogP contribution in [0.25, 0.3) is 11.0 Å². The number of carbonyl (C=O) groups excluding carboxylic acids is 1. The van der Waals surface area contributed by atoms with Crippen molar-refractivity contribution in [1.82, 2.24) is 5.32 Å². The summed E-state index contributed by atoms with van der Waals surface area (Å²) in [5.74, 6) is -1.84. The molecule has 0 saturated carbocycles. The van der Waals surface area contributed by atoms with Gasteiger partial charge < -0.3 is 24.7 Å². The first-order chi connectivity index (χ1) is 16.9. The summed E-state index contributed by atoms with van der Waals surface area (Å²) in [5.41, 5.74) is 0.646. The molecule has 0 aliphatic rings. The molecule has 0 unspecified atom stereocenters. The van der Waals surface area contributed by atoms with Crippen LogP contribution in [0.15, 0.2) is 75.9 Å². The van der Waals surface area contributed by atoms with Crippen molar-refractivity contribution in [2.24, 2.45) is 0 Å². The molecule has 35 heavy (non-hydrogen) atoms. The van der Waals surface area contributed by atoms with Crippen LogP contribution >= 0.6 is 0 Å². The molecule has 4 rings (SSSR count). The summed E-state index contributed by atoms with van der Waals surface area (Å²) in [7, 11) is 1.41. The van der Waals surface area contributed by atoms with Gasteiger partial charge in [-0.1, -0.05) is 30.3 Å². The fourth-order valence-corrected chi connectivity index (χ4v) is 4.02. The van der Waals surface area contributed by atoms with Crippen molar-refractivity contribution in [2.75, 3.05) is 13.7 Å². The molecule has 0 fully saturated rings. The number of hydrogen-bond acceptors (Lipinski definition) is 6. The van der Waals surface area contributed by atoms with E-state index in [9.17, 15) is 24.2 Å². The molecule has 1 aromatic heterocycles. The first-order valence-electron chi connectivity index (χ1n) is 11.0. The Kier molecular flexibility index (Phi) is 7.01. The number of nitrogens with one attached hydrogen (secondary N) is 1. The minimum atomic E-state index is -0.904. The smallest absolute Gasteiger partial charge is 0.343 e. The fraction of sp³-hybridized carbons (Fsp3) is 0.185. The number of phenolic OH excluding ortho intramolecular Hbond substituents is 1. The number of para-hydroxylation sites is 1. The minimum Gasteiger partial charge on any atom is -0.507 e. The molecule has 0 aliphatic heterocycles. The minimum absolute atomic E-state index is 0.0815. The monoisotopic (exact) mass is 477 g/mol. The first-order valence-corrected chi connectivity index (χ1v) is 11.0. The molecule has 3 aromatic carbocycles. The molecule has 7 nitrogen and oxygen atoms in total. The third-order valence-electron chi connectivity index (χ3n) is 5.81. The van der Waals surface area contributed by atoms with Gasteiger partial charge in [-0.25, -0.2) is 9.18 Å². The Morgan fingerprint density at radius 1 is 1.09 bits per heavy atom. The Balaban J connectivity index is 1.64. The van der Waals surface area contributed by atoms with E-state index in [-0.39, 0.29) is 46.5 Å². The van der Waals surface area contributed by atoms with Gasteiger partial charge in [0.05, 0.1) is 18.1 Å². The average molecular weight is 477 g/mol. The van der Waals surface area contributed by atoms with Crippen molar-refractivity contribution in [3.8, 4) is 17.2 Å². The second-order valence-electron chi connectivity index (χ2n) is 8.06. The lowest BCUT2D eigenvalue weighted by atomic mass is 9.87. The number of carbonyl (C=O) groups is 1. The van der Waals surface area contributed by atoms with Gasteiger partial charge in [0.2, 0.25) is 5.91 Å². The predicted molar refractivity (Wildman–Crippen MR) is 128 cm³/mol. The number of benzene rings is 3. The van der Waals surface area contributed by atoms with Gasteiger partial charge in [-0.2, -0.15) is 0 Å². The third kappa shape index (κ3) is 5.27. The lowest BCUT2D eigenvalue weighted by Crippen LogP contribution is -2.28. The molecule has 4 aromatic rings. The molecule has 8 heteroatoms. The van der Waals surface area contributed by atoms with Crippen molar-refractivity contribution >= 4 is 16.9 Å². The first kappa shape index (κ1) is 23.8. The van der Waals surface area contributed by atoms with E-state index in [1.165, 1.54) is 31.4 Å². The van der Waals surface area contributed by atoms with E-state index in [1.54, 1.807) is 42.5 Å². The number of rotatable bonds is 8. The molecule has 0 aliphatic carbocycles. The lowest BCUT2D eigenvalue weighted by molar-refractivity contribution is -0.121. The van der Waals surface area contributed by atoms with Crippen LogP contribution in [0, 0.1) is 5.82 Å². The number of phenols is 1. The molecule has 180 valence electrons. The molecule has 0 spiro atoms. The van der Waals surface area contributed by atoms with Crippen LogP contribution in [-0.4, -0.2) is 29.8 Å². The molecular weight excluding hydrogens is 453 g/mol. The molecule has 0 radical (unpaired) electrons. The summed E-state index contributed by atoms with van der Waals surface area (Å²) >= 11 is 0. The number of fused-ring (bicyclic) bond motifs is 1. The number of aromatic hydroxyl groups is 2. The highest BCUT2D eigenvalue weighted by atomic mass is 19.1. The summed E-state index contributed by atoms with van der Waals surface area (Å²) in [6.07, 6.45) is 0.301. The van der Waals surface area contributed by atoms with Crippen LogP contribution in [0.4, 0.5) is 4.39 Å². The zero-order chi connectivity index (χ0) is 24.9. The average Bonchev–Trinajstić information content (AvgIpc) is 2.84. The van der Waals surface area contributed by atoms with Crippen LogP contribution in [0.2, 0.25) is 0 Å². The Morgan fingerprint density at radius 3 is 2.54 bits per heavy atom. The van der Waals surface area contributed by atoms with Gasteiger partial charge >= 0.3 is 5.63 Å². The van der Waals surface area contributed by atoms with E-state index >= 15 is 0 Å². The van der Waals surface area contributed by atoms with E-state index in [2.05, 4.69) is 5.32 Å². The normalized spacial score (nSPS) is 11.8. The Labute approximate surface area is 200 Å². The maximum atomic E-state index is 13.1. The summed E-state index contributed by atoms with van der Waals surface area (Å²) in [4.78, 5) is 25.8. The van der Waals surface area contributed by atoms with E-state index in [0.717, 1.165) is 5.56 Å². The number of hydrogen-bond donors (Lipinski definition) is 3. The van der Waals surface area contributed by atoms with Crippen LogP contribution in [0.3, 0.4) is 0 Å². The Hall–Kier alpha value is -4.33. The van der Waals surface area contributed by atoms with Gasteiger partial charge in [-0.15, -0.1) is 0 Å². The Bertz CT molecular complexity index is 1410. The van der Waals surface area contributed by atoms with Gasteiger partial charge in [0.1, 0.15) is 17.1 Å². The SMILES string of the molecule is COc1ccc([C@H](CC(=O)NCCc2ccc(F)cc2)c2c(O)c3ccccc3oc2=O)cc1O. The number of ether oxygens (including phenoxy) is 1. The highest BCUT2D eigenvalue weighted by Gasteiger charge is 2.27. The molecule has 0 bridgehead atoms. The molecular formula is C27H24FNO6. The van der Waals surface area contributed by atoms with Crippen molar-refractivity contribution < 1.29 is 28.6 Å². The summed E-state index contributed by atoms with van der Waals surface area (Å²) in [5, 5.41) is 24.4. The van der Waals surface area contributed by atoms with E-state index in [4.69, 9.17) is 9.15 Å². The van der Waals surface area contributed by atoms with Crippen molar-refractivity contribution in [2.45, 2.75) is 18.8 Å². The molecule has 1 atom stereocenters. The number of amides is 1. The van der Waals surface area contributed by atoms with Gasteiger partial charge in [0, 0.05) is 18.9 Å². The van der Waals surface area contributed by atoms with E-state index in [0.29, 0.717) is 23.9 Å². The fourth-order valence-electron chi connectivity index (χ4n) is 4.02. The maximum absolute atomic E-state index is 13.1. The highest BCUT2D eigenvalue weighted by Crippen LogP contribution is 2.38. The van der Waals surface area contributed by atoms with Gasteiger partial charge in [-0.05, 0) is 53.9 Å². The number of halogens is 1. The van der Waals surface area contributed by atoms with Crippen molar-refractivity contribution in [1.29, 1.82) is 0 Å². The van der Waals surface area contributed by atoms with Gasteiger partial charge in [0.25, 0.3) is 0 Å². The van der Waals surface area contributed by atoms with Crippen LogP contribution in [-0.2, 0) is 11.2 Å². The van der Waals surface area contributed by atoms with Gasteiger partial charge in [-0.3, -0.25) is 4.79 Å². The number of methoxy groups -OCH3 is 1. The second kappa shape index (κ2) is 10.3. The zero-order valence-electron chi connectivity index (χ0n) is 19.0. The molecule has 3 N–H and O–H groups in total. The van der Waals surface area contributed by atoms with Crippen LogP contribution in [0.5, 0.6) is 17.2 Å². The summed E-state index contributed by atoms with van der Waals surface area (Å²) in [6, 6.07) is 17.1. The quantitative estimate of drug-likeness (QED) is 0.328. The van der Waals surface area contributed by atoms with Crippen LogP contribution in [0.1, 0.15) is 29.0 Å². The lowest BCUT2D eigenvalue weighted by Gasteiger charge is -2.19. The largest absolute Gasteiger partial charge is 0.507 e. The standard InChI is InChI=1S/C27H24FNO6/c1-34-23-11-8-17(14-21(23)30)20(15-24(31)29-13-12-16-6-9-18(28)10-7-16)25-26(32)19-4-2-3-5-22(19)35-27(25)33/h2-11,14,20,30,32H,12-13,15H2,1H3,(H,29,31)/t20-/m0/s1. The molecule has 1 amide bonds. The topological polar surface area (TPSA) is 109 Å². The highest BCUT2D eigenvalue weighted by molar-refractivity contribution is 5.85. The van der Waals surface area contributed by atoms with Crippen molar-refractivity contribution in [3.63, 3.8) is 0 Å². The van der Waals surface area contributed by atoms with Crippen molar-refractivity contribution in [3.05, 3.63) is 99.7 Å². The molecule has 1 heterocycles. The zero-order valence-corrected chi connectivity index (χ0v) is 19.0. The second-order valence-corrected chi connectivity index (χ2v) is 8.06. The summed E-state index contributed by atoms with van der Waals surface area (Å²) < 4.78 is 23.6. The maximum Gasteiger partial charge on any atom is 0.343 e. The molecule has 0 saturated heterocycles. The van der Waals surface area contributed by atoms with Gasteiger partial charge in [0.15, 0.2) is 11.5 Å². The predicted octanol–water partition coefficient (Wildman–Crippen LogP) is 4.23. The van der Waals surface area contributed by atoms with E-state index in [1.807, 2.05) is 0 Å².